The fourth-order valence-corrected chi connectivity index (χ4v) is 2.93. The van der Waals surface area contributed by atoms with E-state index in [1.165, 1.54) is 12.8 Å². The molecule has 1 saturated carbocycles. The molecule has 1 aliphatic rings. The largest absolute Gasteiger partial charge is 0.361 e. The van der Waals surface area contributed by atoms with Crippen LogP contribution in [0.2, 0.25) is 0 Å². The van der Waals surface area contributed by atoms with Gasteiger partial charge >= 0.3 is 0 Å². The van der Waals surface area contributed by atoms with Crippen molar-refractivity contribution in [3.8, 4) is 0 Å². The molecule has 1 heterocycles. The number of rotatable bonds is 7. The van der Waals surface area contributed by atoms with Gasteiger partial charge in [-0.25, -0.2) is 0 Å². The predicted octanol–water partition coefficient (Wildman–Crippen LogP) is 1.38. The van der Waals surface area contributed by atoms with E-state index >= 15 is 0 Å². The molecule has 1 amide bonds. The first-order chi connectivity index (χ1) is 9.08. The second kappa shape index (κ2) is 6.43. The van der Waals surface area contributed by atoms with Crippen molar-refractivity contribution in [1.29, 1.82) is 0 Å². The van der Waals surface area contributed by atoms with Gasteiger partial charge in [-0.15, -0.1) is 11.8 Å². The number of hydrogen-bond donors (Lipinski definition) is 2. The van der Waals surface area contributed by atoms with Crippen molar-refractivity contribution in [2.24, 2.45) is 11.7 Å². The Morgan fingerprint density at radius 2 is 2.32 bits per heavy atom. The highest BCUT2D eigenvalue weighted by Crippen LogP contribution is 2.31. The molecule has 1 unspecified atom stereocenters. The van der Waals surface area contributed by atoms with Crippen LogP contribution < -0.4 is 11.1 Å². The summed E-state index contributed by atoms with van der Waals surface area (Å²) in [7, 11) is 0. The number of nitrogens with zero attached hydrogens (tertiary/aromatic N) is 1. The molecule has 6 heteroatoms. The molecule has 0 spiro atoms. The molecule has 1 atom stereocenters. The quantitative estimate of drug-likeness (QED) is 0.790. The monoisotopic (exact) mass is 283 g/mol. The van der Waals surface area contributed by atoms with Gasteiger partial charge in [0, 0.05) is 23.9 Å². The molecule has 1 aliphatic carbocycles. The number of hydrogen-bond acceptors (Lipinski definition) is 5. The molecule has 3 N–H and O–H groups in total. The van der Waals surface area contributed by atoms with Crippen LogP contribution >= 0.6 is 11.8 Å². The summed E-state index contributed by atoms with van der Waals surface area (Å²) in [4.78, 5) is 11.7. The summed E-state index contributed by atoms with van der Waals surface area (Å²) in [6.07, 6.45) is 2.41. The lowest BCUT2D eigenvalue weighted by Crippen LogP contribution is -2.39. The van der Waals surface area contributed by atoms with Crippen molar-refractivity contribution in [2.75, 3.05) is 12.3 Å². The third kappa shape index (κ3) is 4.24. The Labute approximate surface area is 117 Å². The number of nitrogens with two attached hydrogens (primary N) is 1. The van der Waals surface area contributed by atoms with E-state index in [1.54, 1.807) is 11.8 Å². The van der Waals surface area contributed by atoms with Crippen LogP contribution in [0, 0.1) is 19.8 Å². The lowest BCUT2D eigenvalue weighted by molar-refractivity contribution is -0.118. The van der Waals surface area contributed by atoms with Crippen LogP contribution in [0.3, 0.4) is 0 Å². The Hall–Kier alpha value is -1.01. The first kappa shape index (κ1) is 14.4. The van der Waals surface area contributed by atoms with Crippen LogP contribution in [0.4, 0.5) is 0 Å². The first-order valence-corrected chi connectivity index (χ1v) is 7.75. The van der Waals surface area contributed by atoms with Gasteiger partial charge in [-0.3, -0.25) is 4.79 Å². The number of aryl methyl sites for hydroxylation is 2. The molecule has 106 valence electrons. The molecule has 1 aromatic heterocycles. The van der Waals surface area contributed by atoms with Crippen molar-refractivity contribution >= 4 is 17.7 Å². The van der Waals surface area contributed by atoms with E-state index in [-0.39, 0.29) is 11.9 Å². The third-order valence-corrected chi connectivity index (χ3v) is 4.38. The van der Waals surface area contributed by atoms with Crippen LogP contribution in [-0.2, 0) is 10.5 Å². The lowest BCUT2D eigenvalue weighted by Gasteiger charge is -2.11. The number of carbonyl (C=O) groups is 1. The average molecular weight is 283 g/mol. The minimum Gasteiger partial charge on any atom is -0.361 e. The normalized spacial score (nSPS) is 16.4. The first-order valence-electron chi connectivity index (χ1n) is 6.59. The van der Waals surface area contributed by atoms with E-state index in [0.717, 1.165) is 22.8 Å². The summed E-state index contributed by atoms with van der Waals surface area (Å²) in [5, 5.41) is 6.78. The van der Waals surface area contributed by atoms with E-state index in [9.17, 15) is 4.79 Å². The summed E-state index contributed by atoms with van der Waals surface area (Å²) in [5.74, 6) is 2.70. The topological polar surface area (TPSA) is 81.2 Å². The molecule has 0 saturated heterocycles. The standard InChI is InChI=1S/C13H21N3O2S/c1-8-11(9(2)18-16-8)6-19-7-13(17)15-5-12(14)10-3-4-10/h10,12H,3-7,14H2,1-2H3,(H,15,17). The van der Waals surface area contributed by atoms with Crippen molar-refractivity contribution in [3.63, 3.8) is 0 Å². The zero-order chi connectivity index (χ0) is 13.8. The molecular formula is C13H21N3O2S. The fraction of sp³-hybridized carbons (Fsp3) is 0.692. The summed E-state index contributed by atoms with van der Waals surface area (Å²) >= 11 is 1.57. The maximum absolute atomic E-state index is 11.7. The van der Waals surface area contributed by atoms with Crippen LogP contribution in [0.25, 0.3) is 0 Å². The van der Waals surface area contributed by atoms with Crippen LogP contribution in [0.5, 0.6) is 0 Å². The highest BCUT2D eigenvalue weighted by atomic mass is 32.2. The molecule has 5 nitrogen and oxygen atoms in total. The molecule has 1 fully saturated rings. The van der Waals surface area contributed by atoms with E-state index in [4.69, 9.17) is 10.3 Å². The van der Waals surface area contributed by atoms with Crippen molar-refractivity contribution in [3.05, 3.63) is 17.0 Å². The molecule has 1 aromatic rings. The summed E-state index contributed by atoms with van der Waals surface area (Å²) in [5.41, 5.74) is 7.92. The Bertz CT molecular complexity index is 424. The van der Waals surface area contributed by atoms with Crippen molar-refractivity contribution < 1.29 is 9.32 Å². The van der Waals surface area contributed by atoms with Gasteiger partial charge in [-0.2, -0.15) is 0 Å². The fourth-order valence-electron chi connectivity index (χ4n) is 1.93. The Morgan fingerprint density at radius 1 is 1.58 bits per heavy atom. The van der Waals surface area contributed by atoms with Crippen molar-refractivity contribution in [1.82, 2.24) is 10.5 Å². The lowest BCUT2D eigenvalue weighted by atomic mass is 10.2. The molecule has 0 radical (unpaired) electrons. The van der Waals surface area contributed by atoms with Crippen LogP contribution in [0.1, 0.15) is 29.9 Å². The maximum Gasteiger partial charge on any atom is 0.230 e. The maximum atomic E-state index is 11.7. The van der Waals surface area contributed by atoms with E-state index in [0.29, 0.717) is 18.2 Å². The van der Waals surface area contributed by atoms with Gasteiger partial charge < -0.3 is 15.6 Å². The van der Waals surface area contributed by atoms with E-state index in [2.05, 4.69) is 10.5 Å². The molecule has 0 bridgehead atoms. The van der Waals surface area contributed by atoms with Crippen LogP contribution in [-0.4, -0.2) is 29.4 Å². The van der Waals surface area contributed by atoms with Gasteiger partial charge in [-0.1, -0.05) is 5.16 Å². The average Bonchev–Trinajstić information content (AvgIpc) is 3.18. The number of nitrogens with one attached hydrogen (secondary N) is 1. The summed E-state index contributed by atoms with van der Waals surface area (Å²) in [6, 6.07) is 0.122. The van der Waals surface area contributed by atoms with Gasteiger partial charge in [0.05, 0.1) is 11.4 Å². The van der Waals surface area contributed by atoms with Gasteiger partial charge in [-0.05, 0) is 32.6 Å². The van der Waals surface area contributed by atoms with Gasteiger partial charge in [0.25, 0.3) is 0 Å². The second-order valence-corrected chi connectivity index (χ2v) is 6.09. The van der Waals surface area contributed by atoms with Gasteiger partial charge in [0.2, 0.25) is 5.91 Å². The predicted molar refractivity (Wildman–Crippen MR) is 75.8 cm³/mol. The molecule has 0 aromatic carbocycles. The molecule has 2 rings (SSSR count). The second-order valence-electron chi connectivity index (χ2n) is 5.10. The highest BCUT2D eigenvalue weighted by molar-refractivity contribution is 7.99. The van der Waals surface area contributed by atoms with E-state index in [1.807, 2.05) is 13.8 Å². The molecule has 0 aliphatic heterocycles. The minimum atomic E-state index is 0.0489. The number of thioether (sulfide) groups is 1. The number of amides is 1. The Morgan fingerprint density at radius 3 is 2.89 bits per heavy atom. The van der Waals surface area contributed by atoms with Gasteiger partial charge in [0.15, 0.2) is 0 Å². The Balaban J connectivity index is 1.63. The smallest absolute Gasteiger partial charge is 0.230 e. The minimum absolute atomic E-state index is 0.0489. The molecule has 19 heavy (non-hydrogen) atoms. The Kier molecular flexibility index (Phi) is 4.87. The zero-order valence-corrected chi connectivity index (χ0v) is 12.3. The van der Waals surface area contributed by atoms with Crippen molar-refractivity contribution in [2.45, 2.75) is 38.5 Å². The van der Waals surface area contributed by atoms with Gasteiger partial charge in [0.1, 0.15) is 5.76 Å². The SMILES string of the molecule is Cc1noc(C)c1CSCC(=O)NCC(N)C1CC1. The zero-order valence-electron chi connectivity index (χ0n) is 11.4. The summed E-state index contributed by atoms with van der Waals surface area (Å²) < 4.78 is 5.08. The number of aromatic nitrogens is 1. The molecular weight excluding hydrogens is 262 g/mol. The van der Waals surface area contributed by atoms with E-state index < -0.39 is 0 Å². The highest BCUT2D eigenvalue weighted by Gasteiger charge is 2.28. The van der Waals surface area contributed by atoms with Crippen LogP contribution in [0.15, 0.2) is 4.52 Å². The number of carbonyl (C=O) groups excluding carboxylic acids is 1. The third-order valence-electron chi connectivity index (χ3n) is 3.42. The summed E-state index contributed by atoms with van der Waals surface area (Å²) in [6.45, 7) is 4.40.